The normalized spacial score (nSPS) is 11.4. The highest BCUT2D eigenvalue weighted by Gasteiger charge is 2.17. The minimum Gasteiger partial charge on any atom is -0.483 e. The molecule has 0 spiro atoms. The fourth-order valence-corrected chi connectivity index (χ4v) is 2.33. The van der Waals surface area contributed by atoms with Crippen LogP contribution in [0.2, 0.25) is 0 Å². The lowest BCUT2D eigenvalue weighted by Crippen LogP contribution is -2.26. The van der Waals surface area contributed by atoms with Crippen molar-refractivity contribution in [2.24, 2.45) is 7.05 Å². The first-order valence-corrected chi connectivity index (χ1v) is 7.51. The maximum Gasteiger partial charge on any atom is 0.272 e. The van der Waals surface area contributed by atoms with E-state index < -0.39 is 12.1 Å². The number of ether oxygens (including phenoxy) is 3. The van der Waals surface area contributed by atoms with Gasteiger partial charge in [-0.15, -0.1) is 0 Å². The van der Waals surface area contributed by atoms with Crippen LogP contribution < -0.4 is 10.3 Å². The Balaban J connectivity index is 2.41. The molecule has 0 saturated heterocycles. The highest BCUT2D eigenvalue weighted by molar-refractivity contribution is 5.81. The zero-order valence-corrected chi connectivity index (χ0v) is 13.8. The van der Waals surface area contributed by atoms with Crippen molar-refractivity contribution >= 4 is 11.0 Å². The van der Waals surface area contributed by atoms with Crippen molar-refractivity contribution < 1.29 is 18.6 Å². The fourth-order valence-electron chi connectivity index (χ4n) is 2.33. The predicted octanol–water partition coefficient (Wildman–Crippen LogP) is 2.16. The third kappa shape index (κ3) is 3.68. The molecular weight excluding hydrogens is 303 g/mol. The highest BCUT2D eigenvalue weighted by Crippen LogP contribution is 2.27. The largest absolute Gasteiger partial charge is 0.483 e. The Hall–Kier alpha value is -1.99. The summed E-state index contributed by atoms with van der Waals surface area (Å²) < 4.78 is 31.9. The summed E-state index contributed by atoms with van der Waals surface area (Å²) in [5, 5.41) is 0. The van der Waals surface area contributed by atoms with Crippen LogP contribution in [0.4, 0.5) is 4.39 Å². The second kappa shape index (κ2) is 7.52. The first kappa shape index (κ1) is 17.4. The molecule has 23 heavy (non-hydrogen) atoms. The van der Waals surface area contributed by atoms with Gasteiger partial charge in [-0.05, 0) is 32.9 Å². The van der Waals surface area contributed by atoms with Gasteiger partial charge in [0, 0.05) is 20.3 Å². The second-order valence-electron chi connectivity index (χ2n) is 4.96. The van der Waals surface area contributed by atoms with E-state index in [1.165, 1.54) is 16.7 Å². The fraction of sp³-hybridized carbons (Fsp3) is 0.500. The van der Waals surface area contributed by atoms with Gasteiger partial charge in [-0.25, -0.2) is 9.37 Å². The van der Waals surface area contributed by atoms with Gasteiger partial charge in [-0.3, -0.25) is 4.79 Å². The molecule has 1 heterocycles. The highest BCUT2D eigenvalue weighted by atomic mass is 19.1. The number of rotatable bonds is 7. The van der Waals surface area contributed by atoms with E-state index in [2.05, 4.69) is 4.98 Å². The quantitative estimate of drug-likeness (QED) is 0.730. The van der Waals surface area contributed by atoms with Crippen LogP contribution in [0.3, 0.4) is 0 Å². The molecule has 2 aromatic rings. The van der Waals surface area contributed by atoms with Crippen LogP contribution >= 0.6 is 0 Å². The van der Waals surface area contributed by atoms with Gasteiger partial charge in [0.1, 0.15) is 17.8 Å². The molecule has 0 saturated carbocycles. The molecule has 2 rings (SSSR count). The lowest BCUT2D eigenvalue weighted by molar-refractivity contribution is -0.152. The lowest BCUT2D eigenvalue weighted by atomic mass is 10.2. The summed E-state index contributed by atoms with van der Waals surface area (Å²) in [5.74, 6) is -0.594. The molecule has 0 aliphatic rings. The lowest BCUT2D eigenvalue weighted by Gasteiger charge is -2.19. The van der Waals surface area contributed by atoms with Crippen molar-refractivity contribution in [2.75, 3.05) is 19.8 Å². The number of aryl methyl sites for hydroxylation is 2. The zero-order valence-electron chi connectivity index (χ0n) is 13.8. The summed E-state index contributed by atoms with van der Waals surface area (Å²) >= 11 is 0. The van der Waals surface area contributed by atoms with Crippen LogP contribution in [0, 0.1) is 12.7 Å². The number of nitrogens with zero attached hydrogens (tertiary/aromatic N) is 2. The maximum absolute atomic E-state index is 14.2. The molecule has 0 aliphatic heterocycles. The zero-order chi connectivity index (χ0) is 17.0. The summed E-state index contributed by atoms with van der Waals surface area (Å²) in [4.78, 5) is 16.3. The van der Waals surface area contributed by atoms with E-state index in [1.54, 1.807) is 14.0 Å². The van der Waals surface area contributed by atoms with E-state index in [1.807, 2.05) is 13.8 Å². The smallest absolute Gasteiger partial charge is 0.272 e. The summed E-state index contributed by atoms with van der Waals surface area (Å²) in [6, 6.07) is 2.79. The first-order chi connectivity index (χ1) is 11.0. The minimum atomic E-state index is -0.602. The average molecular weight is 324 g/mol. The van der Waals surface area contributed by atoms with Gasteiger partial charge in [0.05, 0.1) is 5.52 Å². The van der Waals surface area contributed by atoms with Crippen molar-refractivity contribution in [3.63, 3.8) is 0 Å². The van der Waals surface area contributed by atoms with Gasteiger partial charge in [0.2, 0.25) is 0 Å². The van der Waals surface area contributed by atoms with Gasteiger partial charge in [-0.1, -0.05) is 0 Å². The number of hydrogen-bond donors (Lipinski definition) is 0. The Labute approximate surface area is 133 Å². The third-order valence-electron chi connectivity index (χ3n) is 3.37. The van der Waals surface area contributed by atoms with E-state index in [-0.39, 0.29) is 17.9 Å². The molecule has 0 N–H and O–H groups in total. The SMILES string of the molecule is CCOC(COc1c(F)ccc2nc(C)c(=O)n(C)c12)OCC. The number of hydrogen-bond acceptors (Lipinski definition) is 5. The number of aromatic nitrogens is 2. The third-order valence-corrected chi connectivity index (χ3v) is 3.37. The molecule has 0 radical (unpaired) electrons. The van der Waals surface area contributed by atoms with Gasteiger partial charge in [0.15, 0.2) is 17.9 Å². The van der Waals surface area contributed by atoms with Gasteiger partial charge < -0.3 is 18.8 Å². The van der Waals surface area contributed by atoms with Crippen molar-refractivity contribution in [1.29, 1.82) is 0 Å². The monoisotopic (exact) mass is 324 g/mol. The Kier molecular flexibility index (Phi) is 5.68. The summed E-state index contributed by atoms with van der Waals surface area (Å²) in [6.07, 6.45) is -0.602. The van der Waals surface area contributed by atoms with E-state index in [4.69, 9.17) is 14.2 Å². The average Bonchev–Trinajstić information content (AvgIpc) is 2.52. The van der Waals surface area contributed by atoms with E-state index in [0.29, 0.717) is 29.9 Å². The molecule has 6 nitrogen and oxygen atoms in total. The Morgan fingerprint density at radius 3 is 2.52 bits per heavy atom. The van der Waals surface area contributed by atoms with Crippen molar-refractivity contribution in [1.82, 2.24) is 9.55 Å². The number of fused-ring (bicyclic) bond motifs is 1. The van der Waals surface area contributed by atoms with Crippen LogP contribution in [0.5, 0.6) is 5.75 Å². The number of halogens is 1. The molecule has 0 unspecified atom stereocenters. The van der Waals surface area contributed by atoms with Crippen LogP contribution in [0.15, 0.2) is 16.9 Å². The first-order valence-electron chi connectivity index (χ1n) is 7.51. The molecule has 7 heteroatoms. The van der Waals surface area contributed by atoms with Crippen LogP contribution in [-0.4, -0.2) is 35.7 Å². The van der Waals surface area contributed by atoms with Crippen LogP contribution in [0.1, 0.15) is 19.5 Å². The summed E-state index contributed by atoms with van der Waals surface area (Å²) in [6.45, 7) is 6.20. The predicted molar refractivity (Wildman–Crippen MR) is 84.2 cm³/mol. The molecule has 0 aliphatic carbocycles. The molecule has 0 bridgehead atoms. The summed E-state index contributed by atoms with van der Waals surface area (Å²) in [5.41, 5.74) is 0.857. The van der Waals surface area contributed by atoms with Crippen LogP contribution in [-0.2, 0) is 16.5 Å². The second-order valence-corrected chi connectivity index (χ2v) is 4.96. The Morgan fingerprint density at radius 2 is 1.91 bits per heavy atom. The van der Waals surface area contributed by atoms with E-state index in [0.717, 1.165) is 0 Å². The number of benzene rings is 1. The van der Waals surface area contributed by atoms with Crippen molar-refractivity contribution in [2.45, 2.75) is 27.1 Å². The van der Waals surface area contributed by atoms with Gasteiger partial charge in [0.25, 0.3) is 5.56 Å². The molecular formula is C16H21FN2O4. The van der Waals surface area contributed by atoms with Gasteiger partial charge in [-0.2, -0.15) is 0 Å². The molecule has 0 fully saturated rings. The standard InChI is InChI=1S/C16H21FN2O4/c1-5-21-13(22-6-2)9-23-15-11(17)7-8-12-14(15)19(4)16(20)10(3)18-12/h7-8,13H,5-6,9H2,1-4H3. The molecule has 0 amide bonds. The van der Waals surface area contributed by atoms with E-state index in [9.17, 15) is 9.18 Å². The Bertz CT molecular complexity index is 739. The van der Waals surface area contributed by atoms with Crippen LogP contribution in [0.25, 0.3) is 11.0 Å². The van der Waals surface area contributed by atoms with Gasteiger partial charge >= 0.3 is 0 Å². The maximum atomic E-state index is 14.2. The molecule has 1 aromatic carbocycles. The van der Waals surface area contributed by atoms with Crippen molar-refractivity contribution in [3.8, 4) is 5.75 Å². The summed E-state index contributed by atoms with van der Waals surface area (Å²) in [7, 11) is 1.56. The molecule has 1 aromatic heterocycles. The minimum absolute atomic E-state index is 0.0137. The van der Waals surface area contributed by atoms with Crippen molar-refractivity contribution in [3.05, 3.63) is 34.0 Å². The Morgan fingerprint density at radius 1 is 1.26 bits per heavy atom. The van der Waals surface area contributed by atoms with E-state index >= 15 is 0 Å². The molecule has 126 valence electrons. The topological polar surface area (TPSA) is 62.6 Å². The molecule has 0 atom stereocenters.